The Kier molecular flexibility index (Phi) is 4.64. The van der Waals surface area contributed by atoms with Crippen molar-refractivity contribution in [2.24, 2.45) is 4.99 Å². The lowest BCUT2D eigenvalue weighted by Crippen LogP contribution is -2.24. The number of aromatic nitrogens is 2. The van der Waals surface area contributed by atoms with Gasteiger partial charge in [0, 0.05) is 18.8 Å². The van der Waals surface area contributed by atoms with E-state index in [1.807, 2.05) is 34.6 Å². The minimum absolute atomic E-state index is 0.541. The summed E-state index contributed by atoms with van der Waals surface area (Å²) in [6, 6.07) is 1.79. The summed E-state index contributed by atoms with van der Waals surface area (Å²) in [5.74, 6) is 1.71. The Labute approximate surface area is 108 Å². The van der Waals surface area contributed by atoms with Crippen LogP contribution in [0.2, 0.25) is 0 Å². The lowest BCUT2D eigenvalue weighted by atomic mass is 10.1. The molecule has 5 heteroatoms. The van der Waals surface area contributed by atoms with Crippen LogP contribution < -0.4 is 0 Å². The van der Waals surface area contributed by atoms with Gasteiger partial charge < -0.3 is 4.74 Å². The van der Waals surface area contributed by atoms with Gasteiger partial charge in [-0.1, -0.05) is 13.8 Å². The Morgan fingerprint density at radius 3 is 2.50 bits per heavy atom. The third-order valence-electron chi connectivity index (χ3n) is 1.89. The maximum absolute atomic E-state index is 11.7. The van der Waals surface area contributed by atoms with Gasteiger partial charge in [0.2, 0.25) is 0 Å². The van der Waals surface area contributed by atoms with Crippen molar-refractivity contribution in [3.63, 3.8) is 0 Å². The number of nitrogens with zero attached hydrogens (tertiary/aromatic N) is 3. The van der Waals surface area contributed by atoms with Crippen LogP contribution in [-0.2, 0) is 4.74 Å². The van der Waals surface area contributed by atoms with Gasteiger partial charge in [0.1, 0.15) is 11.4 Å². The molecule has 0 saturated carbocycles. The largest absolute Gasteiger partial charge is 0.442 e. The Morgan fingerprint density at radius 1 is 1.39 bits per heavy atom. The van der Waals surface area contributed by atoms with E-state index in [1.54, 1.807) is 23.1 Å². The lowest BCUT2D eigenvalue weighted by Gasteiger charge is -2.18. The summed E-state index contributed by atoms with van der Waals surface area (Å²) >= 11 is 0. The second-order valence-corrected chi connectivity index (χ2v) is 5.34. The molecule has 99 valence electrons. The number of amides is 1. The van der Waals surface area contributed by atoms with E-state index in [0.29, 0.717) is 12.3 Å². The normalized spacial score (nSPS) is 12.9. The molecule has 0 unspecified atom stereocenters. The van der Waals surface area contributed by atoms with Crippen molar-refractivity contribution < 1.29 is 9.53 Å². The molecule has 0 aliphatic carbocycles. The van der Waals surface area contributed by atoms with Crippen LogP contribution in [0.25, 0.3) is 0 Å². The van der Waals surface area contributed by atoms with E-state index in [9.17, 15) is 4.79 Å². The van der Waals surface area contributed by atoms with E-state index in [4.69, 9.17) is 4.74 Å². The molecule has 1 aromatic rings. The molecule has 1 heterocycles. The Balaban J connectivity index is 2.86. The molecule has 0 aromatic carbocycles. The molecule has 1 amide bonds. The summed E-state index contributed by atoms with van der Waals surface area (Å²) in [6.45, 7) is 9.39. The van der Waals surface area contributed by atoms with Crippen LogP contribution in [0.1, 0.15) is 41.0 Å². The molecule has 0 bridgehead atoms. The average Bonchev–Trinajstić information content (AvgIpc) is 2.64. The maximum Gasteiger partial charge on any atom is 0.435 e. The molecule has 0 atom stereocenters. The zero-order valence-corrected chi connectivity index (χ0v) is 11.6. The van der Waals surface area contributed by atoms with Crippen LogP contribution in [0.4, 0.5) is 4.79 Å². The molecule has 5 nitrogen and oxygen atoms in total. The first-order valence-corrected chi connectivity index (χ1v) is 5.87. The first-order valence-electron chi connectivity index (χ1n) is 5.87. The topological polar surface area (TPSA) is 56.5 Å². The fourth-order valence-corrected chi connectivity index (χ4v) is 1.30. The van der Waals surface area contributed by atoms with E-state index in [-0.39, 0.29) is 0 Å². The summed E-state index contributed by atoms with van der Waals surface area (Å²) in [4.78, 5) is 15.7. The van der Waals surface area contributed by atoms with E-state index in [0.717, 1.165) is 5.92 Å². The molecule has 0 spiro atoms. The molecule has 18 heavy (non-hydrogen) atoms. The van der Waals surface area contributed by atoms with Crippen molar-refractivity contribution in [2.45, 2.75) is 46.6 Å². The summed E-state index contributed by atoms with van der Waals surface area (Å²) < 4.78 is 6.75. The highest BCUT2D eigenvalue weighted by molar-refractivity contribution is 5.93. The van der Waals surface area contributed by atoms with Gasteiger partial charge in [0.05, 0.1) is 0 Å². The predicted octanol–water partition coefficient (Wildman–Crippen LogP) is 3.07. The van der Waals surface area contributed by atoms with Crippen molar-refractivity contribution in [2.75, 3.05) is 0 Å². The number of ether oxygens (including phenoxy) is 1. The molecule has 1 aromatic heterocycles. The first kappa shape index (κ1) is 14.4. The number of carbonyl (C=O) groups is 1. The minimum atomic E-state index is -0.589. The number of aliphatic imine (C=N–C) groups is 1. The molecule has 1 rings (SSSR count). The molecule has 0 N–H and O–H groups in total. The standard InChI is InChI=1S/C13H20N3O2/c1-10(2)9-11(16-8-6-7-14-16)15-12(17)18-13(3,4)5/h6-8H,9H2,1-5H3. The van der Waals surface area contributed by atoms with Crippen LogP contribution in [-0.4, -0.2) is 27.3 Å². The third kappa shape index (κ3) is 5.12. The fourth-order valence-electron chi connectivity index (χ4n) is 1.30. The summed E-state index contributed by atoms with van der Waals surface area (Å²) in [6.07, 6.45) is 3.40. The van der Waals surface area contributed by atoms with Gasteiger partial charge in [-0.05, 0) is 32.8 Å². The molecule has 0 fully saturated rings. The third-order valence-corrected chi connectivity index (χ3v) is 1.89. The second-order valence-electron chi connectivity index (χ2n) is 5.34. The highest BCUT2D eigenvalue weighted by Gasteiger charge is 2.17. The van der Waals surface area contributed by atoms with E-state index >= 15 is 0 Å². The minimum Gasteiger partial charge on any atom is -0.442 e. The highest BCUT2D eigenvalue weighted by atomic mass is 16.6. The Hall–Kier alpha value is -1.65. The Bertz CT molecular complexity index is 414. The summed E-state index contributed by atoms with van der Waals surface area (Å²) in [5, 5.41) is 4.08. The number of carbonyl (C=O) groups excluding carboxylic acids is 1. The monoisotopic (exact) mass is 250 g/mol. The van der Waals surface area contributed by atoms with E-state index in [2.05, 4.69) is 10.1 Å². The quantitative estimate of drug-likeness (QED) is 0.598. The molecule has 1 radical (unpaired) electrons. The number of hydrogen-bond donors (Lipinski definition) is 0. The van der Waals surface area contributed by atoms with Crippen LogP contribution >= 0.6 is 0 Å². The summed E-state index contributed by atoms with van der Waals surface area (Å²) in [5.41, 5.74) is -0.541. The van der Waals surface area contributed by atoms with Gasteiger partial charge in [0.15, 0.2) is 0 Å². The van der Waals surface area contributed by atoms with Gasteiger partial charge in [-0.3, -0.25) is 0 Å². The van der Waals surface area contributed by atoms with Crippen LogP contribution in [0.5, 0.6) is 0 Å². The van der Waals surface area contributed by atoms with E-state index in [1.165, 1.54) is 0 Å². The number of hydrogen-bond acceptors (Lipinski definition) is 3. The van der Waals surface area contributed by atoms with E-state index < -0.39 is 11.7 Å². The number of rotatable bonds is 2. The van der Waals surface area contributed by atoms with Gasteiger partial charge in [-0.2, -0.15) is 10.1 Å². The molecule has 0 aliphatic rings. The van der Waals surface area contributed by atoms with Gasteiger partial charge in [-0.25, -0.2) is 9.48 Å². The fraction of sp³-hybridized carbons (Fsp3) is 0.538. The molecular weight excluding hydrogens is 230 g/mol. The van der Waals surface area contributed by atoms with Gasteiger partial charge >= 0.3 is 6.09 Å². The Morgan fingerprint density at radius 2 is 2.06 bits per heavy atom. The van der Waals surface area contributed by atoms with Crippen molar-refractivity contribution in [1.82, 2.24) is 9.78 Å². The zero-order chi connectivity index (χ0) is 13.8. The van der Waals surface area contributed by atoms with Crippen molar-refractivity contribution >= 4 is 11.9 Å². The predicted molar refractivity (Wildman–Crippen MR) is 70.5 cm³/mol. The smallest absolute Gasteiger partial charge is 0.435 e. The first-order chi connectivity index (χ1) is 8.28. The average molecular weight is 250 g/mol. The molecule has 0 aliphatic heterocycles. The molecular formula is C13H20N3O2. The van der Waals surface area contributed by atoms with Crippen molar-refractivity contribution in [3.8, 4) is 0 Å². The maximum atomic E-state index is 11.7. The van der Waals surface area contributed by atoms with Crippen LogP contribution in [0.3, 0.4) is 0 Å². The van der Waals surface area contributed by atoms with Crippen molar-refractivity contribution in [1.29, 1.82) is 0 Å². The molecule has 0 saturated heterocycles. The zero-order valence-electron chi connectivity index (χ0n) is 11.6. The lowest BCUT2D eigenvalue weighted by molar-refractivity contribution is 0.0603. The second kappa shape index (κ2) is 5.80. The highest BCUT2D eigenvalue weighted by Crippen LogP contribution is 2.10. The van der Waals surface area contributed by atoms with Gasteiger partial charge in [-0.15, -0.1) is 0 Å². The SMILES string of the molecule is C[C](C)CC(=NC(=O)OC(C)(C)C)n1cccn1. The van der Waals surface area contributed by atoms with Gasteiger partial charge in [0.25, 0.3) is 0 Å². The van der Waals surface area contributed by atoms with Crippen LogP contribution in [0, 0.1) is 5.92 Å². The van der Waals surface area contributed by atoms with Crippen LogP contribution in [0.15, 0.2) is 23.5 Å². The summed E-state index contributed by atoms with van der Waals surface area (Å²) in [7, 11) is 0. The van der Waals surface area contributed by atoms with Crippen molar-refractivity contribution in [3.05, 3.63) is 24.4 Å².